The molecule has 0 heteroatoms. The molecular formula is C68H72. The van der Waals surface area contributed by atoms with E-state index in [1.54, 1.807) is 0 Å². The Morgan fingerprint density at radius 1 is 0.176 bits per heavy atom. The molecule has 0 radical (unpaired) electrons. The summed E-state index contributed by atoms with van der Waals surface area (Å²) in [6, 6.07) is 77.7. The van der Waals surface area contributed by atoms with Gasteiger partial charge < -0.3 is 0 Å². The van der Waals surface area contributed by atoms with Gasteiger partial charge in [0.2, 0.25) is 0 Å². The smallest absolute Gasteiger partial charge is 0.0148 e. The zero-order chi connectivity index (χ0) is 49.0. The van der Waals surface area contributed by atoms with E-state index in [-0.39, 0.29) is 0 Å². The van der Waals surface area contributed by atoms with Crippen LogP contribution in [-0.2, 0) is 0 Å². The van der Waals surface area contributed by atoms with E-state index in [9.17, 15) is 0 Å². The summed E-state index contributed by atoms with van der Waals surface area (Å²) in [5.74, 6) is 0. The van der Waals surface area contributed by atoms with Crippen molar-refractivity contribution in [3.05, 3.63) is 241 Å². The van der Waals surface area contributed by atoms with Crippen molar-refractivity contribution in [2.45, 2.75) is 83.1 Å². The number of benzene rings is 12. The normalized spacial score (nSPS) is 10.1. The molecule has 12 rings (SSSR count). The Bertz CT molecular complexity index is 3010. The Morgan fingerprint density at radius 2 is 0.368 bits per heavy atom. The van der Waals surface area contributed by atoms with Crippen LogP contribution in [0.2, 0.25) is 0 Å². The molecule has 0 N–H and O–H groups in total. The SMILES string of the molecule is CC.CC.CC.CC.Cc1c2ccccc2cc2ccccc12.Cc1c2ccccc2cc2ccccc12.Cc1c2ccccc2cc2ccccc12.Cc1cccc2cc3ccccc3cc12. The summed E-state index contributed by atoms with van der Waals surface area (Å²) in [7, 11) is 0. The minimum Gasteiger partial charge on any atom is -0.0683 e. The summed E-state index contributed by atoms with van der Waals surface area (Å²) in [6.45, 7) is 24.8. The second-order valence-electron chi connectivity index (χ2n) is 15.8. The highest BCUT2D eigenvalue weighted by molar-refractivity contribution is 6.04. The zero-order valence-corrected chi connectivity index (χ0v) is 42.8. The maximum Gasteiger partial charge on any atom is -0.0148 e. The van der Waals surface area contributed by atoms with Crippen LogP contribution in [0.25, 0.3) is 86.2 Å². The Labute approximate surface area is 407 Å². The van der Waals surface area contributed by atoms with Crippen molar-refractivity contribution < 1.29 is 0 Å². The molecule has 0 aromatic heterocycles. The first-order valence-corrected chi connectivity index (χ1v) is 24.9. The second-order valence-corrected chi connectivity index (χ2v) is 15.8. The molecule has 0 aliphatic heterocycles. The van der Waals surface area contributed by atoms with E-state index >= 15 is 0 Å². The van der Waals surface area contributed by atoms with Crippen LogP contribution in [0.5, 0.6) is 0 Å². The summed E-state index contributed by atoms with van der Waals surface area (Å²) in [4.78, 5) is 0. The average Bonchev–Trinajstić information content (AvgIpc) is 3.41. The van der Waals surface area contributed by atoms with Crippen molar-refractivity contribution >= 4 is 86.2 Å². The first-order valence-electron chi connectivity index (χ1n) is 24.9. The molecule has 12 aromatic rings. The van der Waals surface area contributed by atoms with Crippen molar-refractivity contribution in [1.82, 2.24) is 0 Å². The molecule has 0 heterocycles. The van der Waals surface area contributed by atoms with Crippen LogP contribution < -0.4 is 0 Å². The molecular weight excluding hydrogens is 817 g/mol. The molecule has 0 bridgehead atoms. The monoisotopic (exact) mass is 889 g/mol. The van der Waals surface area contributed by atoms with E-state index < -0.39 is 0 Å². The van der Waals surface area contributed by atoms with Gasteiger partial charge in [-0.2, -0.15) is 0 Å². The lowest BCUT2D eigenvalue weighted by Gasteiger charge is -2.06. The lowest BCUT2D eigenvalue weighted by atomic mass is 9.98. The van der Waals surface area contributed by atoms with Crippen molar-refractivity contribution in [3.63, 3.8) is 0 Å². The summed E-state index contributed by atoms with van der Waals surface area (Å²) in [5, 5.41) is 21.4. The highest BCUT2D eigenvalue weighted by atomic mass is 14.1. The highest BCUT2D eigenvalue weighted by Crippen LogP contribution is 2.30. The van der Waals surface area contributed by atoms with Gasteiger partial charge in [-0.05, 0) is 166 Å². The summed E-state index contributed by atoms with van der Waals surface area (Å²) in [6.07, 6.45) is 0. The standard InChI is InChI=1S/4C15H12.4C2H6/c3*1-11-14-8-4-2-6-12(14)10-13-7-3-5-9-15(11)13;1-11-5-4-8-14-9-12-6-2-3-7-13(12)10-15(11)14;4*1-2/h4*2-10H,1H3;4*1-2H3. The quantitative estimate of drug-likeness (QED) is 0.133. The predicted molar refractivity (Wildman–Crippen MR) is 310 cm³/mol. The van der Waals surface area contributed by atoms with Gasteiger partial charge in [0.05, 0.1) is 0 Å². The number of hydrogen-bond donors (Lipinski definition) is 0. The third-order valence-corrected chi connectivity index (χ3v) is 12.1. The number of fused-ring (bicyclic) bond motifs is 8. The van der Waals surface area contributed by atoms with Crippen molar-refractivity contribution in [2.75, 3.05) is 0 Å². The fourth-order valence-electron chi connectivity index (χ4n) is 8.85. The molecule has 344 valence electrons. The van der Waals surface area contributed by atoms with Gasteiger partial charge in [0, 0.05) is 0 Å². The van der Waals surface area contributed by atoms with Crippen molar-refractivity contribution in [3.8, 4) is 0 Å². The van der Waals surface area contributed by atoms with E-state index in [1.807, 2.05) is 55.4 Å². The van der Waals surface area contributed by atoms with Gasteiger partial charge >= 0.3 is 0 Å². The summed E-state index contributed by atoms with van der Waals surface area (Å²) in [5.41, 5.74) is 5.48. The van der Waals surface area contributed by atoms with Crippen LogP contribution in [0.3, 0.4) is 0 Å². The fraction of sp³-hybridized carbons (Fsp3) is 0.176. The minimum atomic E-state index is 1.32. The summed E-state index contributed by atoms with van der Waals surface area (Å²) < 4.78 is 0. The molecule has 0 aliphatic rings. The van der Waals surface area contributed by atoms with E-state index in [1.165, 1.54) is 108 Å². The Hall–Kier alpha value is -7.28. The molecule has 0 nitrogen and oxygen atoms in total. The highest BCUT2D eigenvalue weighted by Gasteiger charge is 2.05. The van der Waals surface area contributed by atoms with E-state index in [0.29, 0.717) is 0 Å². The molecule has 0 amide bonds. The maximum absolute atomic E-state index is 2.28. The largest absolute Gasteiger partial charge is 0.0683 e. The first-order chi connectivity index (χ1) is 33.4. The Balaban J connectivity index is 0.000000161. The molecule has 0 saturated heterocycles. The first kappa shape index (κ1) is 51.7. The van der Waals surface area contributed by atoms with Gasteiger partial charge in [-0.25, -0.2) is 0 Å². The maximum atomic E-state index is 2.28. The zero-order valence-electron chi connectivity index (χ0n) is 42.8. The third kappa shape index (κ3) is 12.0. The molecule has 0 atom stereocenters. The minimum absolute atomic E-state index is 1.32. The number of rotatable bonds is 0. The van der Waals surface area contributed by atoms with Gasteiger partial charge in [0.15, 0.2) is 0 Å². The van der Waals surface area contributed by atoms with Crippen molar-refractivity contribution in [1.29, 1.82) is 0 Å². The number of aryl methyl sites for hydroxylation is 4. The molecule has 0 spiro atoms. The third-order valence-electron chi connectivity index (χ3n) is 12.1. The summed E-state index contributed by atoms with van der Waals surface area (Å²) >= 11 is 0. The average molecular weight is 889 g/mol. The predicted octanol–water partition coefficient (Wildman–Crippen LogP) is 21.3. The lowest BCUT2D eigenvalue weighted by Crippen LogP contribution is -1.81. The van der Waals surface area contributed by atoms with Crippen LogP contribution in [0.4, 0.5) is 0 Å². The van der Waals surface area contributed by atoms with Crippen LogP contribution in [0, 0.1) is 27.7 Å². The van der Waals surface area contributed by atoms with Gasteiger partial charge in [-0.1, -0.05) is 243 Å². The second kappa shape index (κ2) is 26.2. The van der Waals surface area contributed by atoms with Crippen LogP contribution in [-0.4, -0.2) is 0 Å². The molecule has 0 aliphatic carbocycles. The fourth-order valence-corrected chi connectivity index (χ4v) is 8.85. The van der Waals surface area contributed by atoms with Crippen LogP contribution in [0.1, 0.15) is 77.6 Å². The Kier molecular flexibility index (Phi) is 19.9. The molecule has 12 aromatic carbocycles. The van der Waals surface area contributed by atoms with Gasteiger partial charge in [-0.3, -0.25) is 0 Å². The Morgan fingerprint density at radius 3 is 0.647 bits per heavy atom. The van der Waals surface area contributed by atoms with Gasteiger partial charge in [0.1, 0.15) is 0 Å². The number of hydrogen-bond acceptors (Lipinski definition) is 0. The van der Waals surface area contributed by atoms with Gasteiger partial charge in [-0.15, -0.1) is 0 Å². The van der Waals surface area contributed by atoms with Crippen LogP contribution >= 0.6 is 0 Å². The van der Waals surface area contributed by atoms with E-state index in [0.717, 1.165) is 0 Å². The van der Waals surface area contributed by atoms with E-state index in [2.05, 4.69) is 246 Å². The van der Waals surface area contributed by atoms with Crippen molar-refractivity contribution in [2.24, 2.45) is 0 Å². The molecule has 68 heavy (non-hydrogen) atoms. The molecule has 0 unspecified atom stereocenters. The molecule has 0 fully saturated rings. The topological polar surface area (TPSA) is 0 Å². The van der Waals surface area contributed by atoms with E-state index in [4.69, 9.17) is 0 Å². The molecule has 0 saturated carbocycles. The lowest BCUT2D eigenvalue weighted by molar-refractivity contribution is 1.50. The van der Waals surface area contributed by atoms with Crippen LogP contribution in [0.15, 0.2) is 218 Å². The van der Waals surface area contributed by atoms with Gasteiger partial charge in [0.25, 0.3) is 0 Å².